The summed E-state index contributed by atoms with van der Waals surface area (Å²) in [4.78, 5) is 26.1. The van der Waals surface area contributed by atoms with Gasteiger partial charge in [0, 0.05) is 24.5 Å². The van der Waals surface area contributed by atoms with Gasteiger partial charge in [-0.15, -0.1) is 6.58 Å². The Morgan fingerprint density at radius 3 is 2.80 bits per heavy atom. The number of nitrogens with zero attached hydrogens (tertiary/aromatic N) is 4. The van der Waals surface area contributed by atoms with Crippen molar-refractivity contribution in [3.8, 4) is 0 Å². The molecule has 0 aliphatic carbocycles. The molecule has 0 atom stereocenters. The van der Waals surface area contributed by atoms with Gasteiger partial charge in [-0.3, -0.25) is 14.8 Å². The number of carbonyl (C=O) groups excluding carboxylic acids is 1. The first-order valence-corrected chi connectivity index (χ1v) is 8.57. The maximum absolute atomic E-state index is 12.6. The molecule has 0 fully saturated rings. The van der Waals surface area contributed by atoms with Crippen LogP contribution in [0.3, 0.4) is 0 Å². The van der Waals surface area contributed by atoms with E-state index in [0.29, 0.717) is 22.4 Å². The number of benzene rings is 2. The van der Waals surface area contributed by atoms with Crippen molar-refractivity contribution >= 4 is 38.5 Å². The maximum Gasteiger partial charge on any atom is 0.279 e. The van der Waals surface area contributed by atoms with E-state index in [1.165, 1.54) is 11.3 Å². The molecule has 2 aromatic heterocycles. The Labute approximate surface area is 147 Å². The molecule has 0 bridgehead atoms. The molecule has 0 spiro atoms. The highest BCUT2D eigenvalue weighted by molar-refractivity contribution is 7.16. The lowest BCUT2D eigenvalue weighted by Gasteiger charge is -2.01. The monoisotopic (exact) mass is 346 g/mol. The molecule has 4 aromatic rings. The minimum atomic E-state index is -0.295. The fraction of sp³-hybridized carbons (Fsp3) is 0.0526. The second-order valence-corrected chi connectivity index (χ2v) is 6.44. The molecule has 5 nitrogen and oxygen atoms in total. The zero-order chi connectivity index (χ0) is 17.2. The smallest absolute Gasteiger partial charge is 0.279 e. The minimum Gasteiger partial charge on any atom is -0.312 e. The molecule has 25 heavy (non-hydrogen) atoms. The molecule has 0 saturated heterocycles. The number of hydrogen-bond acceptors (Lipinski definition) is 4. The van der Waals surface area contributed by atoms with Crippen molar-refractivity contribution in [1.82, 2.24) is 14.5 Å². The van der Waals surface area contributed by atoms with Gasteiger partial charge in [0.1, 0.15) is 0 Å². The second kappa shape index (κ2) is 6.41. The Bertz CT molecular complexity index is 1170. The van der Waals surface area contributed by atoms with Crippen LogP contribution in [0.2, 0.25) is 0 Å². The van der Waals surface area contributed by atoms with Crippen molar-refractivity contribution in [2.24, 2.45) is 4.99 Å². The van der Waals surface area contributed by atoms with Gasteiger partial charge in [0.15, 0.2) is 4.80 Å². The van der Waals surface area contributed by atoms with Crippen LogP contribution in [0, 0.1) is 0 Å². The maximum atomic E-state index is 12.6. The summed E-state index contributed by atoms with van der Waals surface area (Å²) in [5.74, 6) is -0.295. The SMILES string of the molecule is C=CCn1c(=NC(=O)c2ccc3nccnc3c2)sc2ccccc21. The average molecular weight is 346 g/mol. The Balaban J connectivity index is 1.83. The van der Waals surface area contributed by atoms with Gasteiger partial charge in [0.05, 0.1) is 21.3 Å². The lowest BCUT2D eigenvalue weighted by Crippen LogP contribution is -2.16. The largest absolute Gasteiger partial charge is 0.312 e. The zero-order valence-electron chi connectivity index (χ0n) is 13.3. The number of allylic oxidation sites excluding steroid dienone is 1. The van der Waals surface area contributed by atoms with Gasteiger partial charge in [-0.1, -0.05) is 29.5 Å². The van der Waals surface area contributed by atoms with Crippen LogP contribution in [0.25, 0.3) is 21.3 Å². The standard InChI is InChI=1S/C19H14N4OS/c1-2-11-23-16-5-3-4-6-17(16)25-19(23)22-18(24)13-7-8-14-15(12-13)21-10-9-20-14/h2-10,12H,1,11H2. The Kier molecular flexibility index (Phi) is 3.95. The molecule has 0 aliphatic rings. The van der Waals surface area contributed by atoms with E-state index in [-0.39, 0.29) is 5.91 Å². The lowest BCUT2D eigenvalue weighted by atomic mass is 10.2. The first kappa shape index (κ1) is 15.4. The highest BCUT2D eigenvalue weighted by atomic mass is 32.1. The minimum absolute atomic E-state index is 0.295. The topological polar surface area (TPSA) is 60.1 Å². The molecular weight excluding hydrogens is 332 g/mol. The zero-order valence-corrected chi connectivity index (χ0v) is 14.1. The van der Waals surface area contributed by atoms with Crippen molar-refractivity contribution in [1.29, 1.82) is 0 Å². The van der Waals surface area contributed by atoms with E-state index in [2.05, 4.69) is 21.5 Å². The summed E-state index contributed by atoms with van der Waals surface area (Å²) in [6, 6.07) is 13.2. The van der Waals surface area contributed by atoms with Crippen molar-refractivity contribution in [3.63, 3.8) is 0 Å². The first-order valence-electron chi connectivity index (χ1n) is 7.75. The molecule has 0 unspecified atom stereocenters. The van der Waals surface area contributed by atoms with Crippen LogP contribution >= 0.6 is 11.3 Å². The number of rotatable bonds is 3. The normalized spacial score (nSPS) is 11.9. The number of hydrogen-bond donors (Lipinski definition) is 0. The van der Waals surface area contributed by atoms with Gasteiger partial charge >= 0.3 is 0 Å². The molecular formula is C19H14N4OS. The van der Waals surface area contributed by atoms with Crippen molar-refractivity contribution in [3.05, 3.63) is 77.9 Å². The Hall–Kier alpha value is -3.12. The van der Waals surface area contributed by atoms with E-state index < -0.39 is 0 Å². The Morgan fingerprint density at radius 1 is 1.16 bits per heavy atom. The lowest BCUT2D eigenvalue weighted by molar-refractivity contribution is 0.0998. The van der Waals surface area contributed by atoms with Crippen molar-refractivity contribution < 1.29 is 4.79 Å². The molecule has 0 aliphatic heterocycles. The summed E-state index contributed by atoms with van der Waals surface area (Å²) in [5.41, 5.74) is 2.97. The third-order valence-corrected chi connectivity index (χ3v) is 4.87. The summed E-state index contributed by atoms with van der Waals surface area (Å²) in [6.07, 6.45) is 5.04. The molecule has 2 aromatic carbocycles. The summed E-state index contributed by atoms with van der Waals surface area (Å²) in [5, 5.41) is 0. The summed E-state index contributed by atoms with van der Waals surface area (Å²) in [7, 11) is 0. The van der Waals surface area contributed by atoms with Gasteiger partial charge in [-0.25, -0.2) is 0 Å². The molecule has 0 saturated carbocycles. The first-order chi connectivity index (χ1) is 12.3. The number of para-hydroxylation sites is 1. The average Bonchev–Trinajstić information content (AvgIpc) is 2.99. The van der Waals surface area contributed by atoms with Crippen LogP contribution in [-0.4, -0.2) is 20.4 Å². The van der Waals surface area contributed by atoms with Gasteiger partial charge in [-0.05, 0) is 30.3 Å². The van der Waals surface area contributed by atoms with E-state index in [0.717, 1.165) is 15.7 Å². The van der Waals surface area contributed by atoms with Gasteiger partial charge < -0.3 is 4.57 Å². The highest BCUT2D eigenvalue weighted by Gasteiger charge is 2.09. The van der Waals surface area contributed by atoms with Gasteiger partial charge in [0.25, 0.3) is 5.91 Å². The van der Waals surface area contributed by atoms with Crippen LogP contribution in [0.4, 0.5) is 0 Å². The highest BCUT2D eigenvalue weighted by Crippen LogP contribution is 2.17. The van der Waals surface area contributed by atoms with Crippen LogP contribution in [-0.2, 0) is 6.54 Å². The fourth-order valence-corrected chi connectivity index (χ4v) is 3.70. The van der Waals surface area contributed by atoms with Crippen LogP contribution in [0.15, 0.2) is 72.5 Å². The predicted octanol–water partition coefficient (Wildman–Crippen LogP) is 3.57. The van der Waals surface area contributed by atoms with E-state index >= 15 is 0 Å². The quantitative estimate of drug-likeness (QED) is 0.533. The van der Waals surface area contributed by atoms with Gasteiger partial charge in [-0.2, -0.15) is 4.99 Å². The third kappa shape index (κ3) is 2.88. The number of fused-ring (bicyclic) bond motifs is 2. The fourth-order valence-electron chi connectivity index (χ4n) is 2.66. The van der Waals surface area contributed by atoms with Crippen LogP contribution < -0.4 is 4.80 Å². The van der Waals surface area contributed by atoms with E-state index in [1.807, 2.05) is 28.8 Å². The molecule has 4 rings (SSSR count). The number of aromatic nitrogens is 3. The molecule has 0 N–H and O–H groups in total. The number of amides is 1. The van der Waals surface area contributed by atoms with Crippen molar-refractivity contribution in [2.45, 2.75) is 6.54 Å². The van der Waals surface area contributed by atoms with Crippen molar-refractivity contribution in [2.75, 3.05) is 0 Å². The number of carbonyl (C=O) groups is 1. The Morgan fingerprint density at radius 2 is 1.96 bits per heavy atom. The molecule has 1 amide bonds. The van der Waals surface area contributed by atoms with Crippen LogP contribution in [0.5, 0.6) is 0 Å². The third-order valence-electron chi connectivity index (χ3n) is 3.81. The van der Waals surface area contributed by atoms with E-state index in [1.54, 1.807) is 36.7 Å². The summed E-state index contributed by atoms with van der Waals surface area (Å²) in [6.45, 7) is 4.39. The molecule has 122 valence electrons. The molecule has 0 radical (unpaired) electrons. The van der Waals surface area contributed by atoms with Gasteiger partial charge in [0.2, 0.25) is 0 Å². The van der Waals surface area contributed by atoms with Crippen LogP contribution in [0.1, 0.15) is 10.4 Å². The summed E-state index contributed by atoms with van der Waals surface area (Å²) < 4.78 is 3.08. The predicted molar refractivity (Wildman–Crippen MR) is 99.4 cm³/mol. The molecule has 6 heteroatoms. The van der Waals surface area contributed by atoms with E-state index in [9.17, 15) is 4.79 Å². The second-order valence-electron chi connectivity index (χ2n) is 5.43. The van der Waals surface area contributed by atoms with E-state index in [4.69, 9.17) is 0 Å². The molecule has 2 heterocycles. The summed E-state index contributed by atoms with van der Waals surface area (Å²) >= 11 is 1.49. The number of thiazole rings is 1.